The van der Waals surface area contributed by atoms with E-state index in [0.29, 0.717) is 5.56 Å². The molecule has 1 N–H and O–H groups in total. The fourth-order valence-corrected chi connectivity index (χ4v) is 5.87. The molecular formula is C17H18N4O6S3. The highest BCUT2D eigenvalue weighted by Gasteiger charge is 2.42. The van der Waals surface area contributed by atoms with Crippen molar-refractivity contribution in [1.29, 1.82) is 5.41 Å². The topological polar surface area (TPSA) is 146 Å². The molecule has 0 aliphatic carbocycles. The summed E-state index contributed by atoms with van der Waals surface area (Å²) in [6, 6.07) is 5.78. The Morgan fingerprint density at radius 2 is 1.83 bits per heavy atom. The summed E-state index contributed by atoms with van der Waals surface area (Å²) in [5.74, 6) is -1.26. The molecule has 0 spiro atoms. The average molecular weight is 471 g/mol. The number of fused-ring (bicyclic) bond motifs is 1. The molecule has 1 aromatic rings. The van der Waals surface area contributed by atoms with Crippen molar-refractivity contribution in [3.63, 3.8) is 0 Å². The number of rotatable bonds is 5. The second kappa shape index (κ2) is 7.96. The second-order valence-corrected chi connectivity index (χ2v) is 11.2. The number of hydrogen-bond donors (Lipinski definition) is 1. The van der Waals surface area contributed by atoms with E-state index in [1.165, 1.54) is 30.3 Å². The fraction of sp³-hybridized carbons (Fsp3) is 0.294. The molecule has 0 bridgehead atoms. The molecule has 0 atom stereocenters. The number of carbonyl (C=O) groups excluding carboxylic acids is 1. The van der Waals surface area contributed by atoms with E-state index in [4.69, 9.17) is 9.59 Å². The van der Waals surface area contributed by atoms with Gasteiger partial charge in [0.1, 0.15) is 11.6 Å². The molecule has 0 saturated carbocycles. The van der Waals surface area contributed by atoms with Gasteiger partial charge in [-0.2, -0.15) is 17.8 Å². The number of carbonyl (C=O) groups is 1. The lowest BCUT2D eigenvalue weighted by Crippen LogP contribution is -2.46. The Bertz CT molecular complexity index is 1210. The number of sulfone groups is 1. The Morgan fingerprint density at radius 3 is 2.40 bits per heavy atom. The first-order valence-corrected chi connectivity index (χ1v) is 12.8. The summed E-state index contributed by atoms with van der Waals surface area (Å²) in [7, 11) is -7.45. The van der Waals surface area contributed by atoms with Gasteiger partial charge in [-0.3, -0.25) is 10.2 Å². The van der Waals surface area contributed by atoms with Gasteiger partial charge in [-0.1, -0.05) is 26.0 Å². The second-order valence-electron chi connectivity index (χ2n) is 6.94. The van der Waals surface area contributed by atoms with Crippen molar-refractivity contribution >= 4 is 60.1 Å². The average Bonchev–Trinajstić information content (AvgIpc) is 3.02. The van der Waals surface area contributed by atoms with E-state index in [0.717, 1.165) is 23.1 Å². The minimum atomic E-state index is -3.78. The van der Waals surface area contributed by atoms with Crippen LogP contribution < -0.4 is 4.18 Å². The van der Waals surface area contributed by atoms with Crippen LogP contribution in [0.2, 0.25) is 0 Å². The van der Waals surface area contributed by atoms with Gasteiger partial charge in [0.25, 0.3) is 5.91 Å². The van der Waals surface area contributed by atoms with Gasteiger partial charge in [0, 0.05) is 0 Å². The summed E-state index contributed by atoms with van der Waals surface area (Å²) in [6.45, 7) is 3.51. The molecule has 160 valence electrons. The highest BCUT2D eigenvalue weighted by Crippen LogP contribution is 2.30. The predicted molar refractivity (Wildman–Crippen MR) is 116 cm³/mol. The molecule has 1 aromatic carbocycles. The van der Waals surface area contributed by atoms with E-state index < -0.39 is 25.9 Å². The molecule has 2 aliphatic rings. The van der Waals surface area contributed by atoms with E-state index in [1.54, 1.807) is 13.8 Å². The Labute approximate surface area is 178 Å². The number of aliphatic imine (C=N–C) groups is 1. The molecule has 10 nitrogen and oxygen atoms in total. The molecule has 0 aromatic heterocycles. The lowest BCUT2D eigenvalue weighted by Gasteiger charge is -2.24. The zero-order valence-corrected chi connectivity index (χ0v) is 18.6. The Hall–Kier alpha value is -2.51. The SMILES string of the molecule is CC(C)CS(=O)(=O)C1=NSC2=NC(=O)/C(=C\c3ccc(OS(C)(=O)=O)cc3)C(=N)N21. The normalized spacial score (nSPS) is 18.5. The third-order valence-corrected chi connectivity index (χ3v) is 7.01. The van der Waals surface area contributed by atoms with Crippen LogP contribution >= 0.6 is 11.9 Å². The third kappa shape index (κ3) is 4.79. The van der Waals surface area contributed by atoms with Gasteiger partial charge in [0.15, 0.2) is 0 Å². The standard InChI is InChI=1S/C17H18N4O6S3/c1-10(2)9-30(25,26)17-20-28-16-19-15(22)13(14(18)21(16)17)8-11-4-6-12(7-5-11)27-29(3,23)24/h4-8,10,18H,9H2,1-3H3/b13-8-,18-14?. The summed E-state index contributed by atoms with van der Waals surface area (Å²) < 4.78 is 56.3. The van der Waals surface area contributed by atoms with E-state index in [9.17, 15) is 21.6 Å². The van der Waals surface area contributed by atoms with Crippen molar-refractivity contribution in [1.82, 2.24) is 4.90 Å². The van der Waals surface area contributed by atoms with Crippen LogP contribution in [0, 0.1) is 11.3 Å². The lowest BCUT2D eigenvalue weighted by molar-refractivity contribution is -0.114. The molecule has 2 heterocycles. The predicted octanol–water partition coefficient (Wildman–Crippen LogP) is 1.67. The first-order valence-electron chi connectivity index (χ1n) is 8.58. The maximum Gasteiger partial charge on any atom is 0.306 e. The van der Waals surface area contributed by atoms with Gasteiger partial charge in [-0.15, -0.1) is 0 Å². The van der Waals surface area contributed by atoms with Gasteiger partial charge < -0.3 is 4.18 Å². The first-order chi connectivity index (χ1) is 13.9. The molecule has 3 rings (SSSR count). The summed E-state index contributed by atoms with van der Waals surface area (Å²) in [6.07, 6.45) is 2.28. The zero-order valence-electron chi connectivity index (χ0n) is 16.2. The van der Waals surface area contributed by atoms with Gasteiger partial charge in [-0.05, 0) is 29.7 Å². The molecular weight excluding hydrogens is 452 g/mol. The third-order valence-electron chi connectivity index (χ3n) is 3.76. The number of nitrogens with one attached hydrogen (secondary N) is 1. The van der Waals surface area contributed by atoms with Crippen molar-refractivity contribution in [2.75, 3.05) is 12.0 Å². The van der Waals surface area contributed by atoms with Crippen molar-refractivity contribution < 1.29 is 25.8 Å². The number of amidine groups is 3. The van der Waals surface area contributed by atoms with Crippen LogP contribution in [0.3, 0.4) is 0 Å². The molecule has 1 amide bonds. The number of benzene rings is 1. The van der Waals surface area contributed by atoms with Crippen LogP contribution in [-0.4, -0.2) is 55.8 Å². The first kappa shape index (κ1) is 22.2. The Morgan fingerprint density at radius 1 is 1.20 bits per heavy atom. The largest absolute Gasteiger partial charge is 0.383 e. The van der Waals surface area contributed by atoms with Gasteiger partial charge >= 0.3 is 10.1 Å². The number of hydrogen-bond acceptors (Lipinski definition) is 9. The molecule has 0 radical (unpaired) electrons. The summed E-state index contributed by atoms with van der Waals surface area (Å²) in [5.41, 5.74) is 0.350. The van der Waals surface area contributed by atoms with Gasteiger partial charge in [-0.25, -0.2) is 13.3 Å². The van der Waals surface area contributed by atoms with E-state index in [-0.39, 0.29) is 39.2 Å². The summed E-state index contributed by atoms with van der Waals surface area (Å²) in [5, 5.41) is 8.10. The quantitative estimate of drug-likeness (QED) is 0.388. The van der Waals surface area contributed by atoms with Gasteiger partial charge in [0.2, 0.25) is 20.2 Å². The van der Waals surface area contributed by atoms with Crippen LogP contribution in [0.1, 0.15) is 19.4 Å². The van der Waals surface area contributed by atoms with Crippen molar-refractivity contribution in [3.8, 4) is 5.75 Å². The van der Waals surface area contributed by atoms with Crippen LogP contribution in [0.25, 0.3) is 6.08 Å². The van der Waals surface area contributed by atoms with Crippen molar-refractivity contribution in [2.24, 2.45) is 15.3 Å². The van der Waals surface area contributed by atoms with Crippen LogP contribution in [0.5, 0.6) is 5.75 Å². The number of amides is 1. The van der Waals surface area contributed by atoms with E-state index in [1.807, 2.05) is 0 Å². The van der Waals surface area contributed by atoms with E-state index >= 15 is 0 Å². The van der Waals surface area contributed by atoms with Crippen LogP contribution in [0.15, 0.2) is 39.2 Å². The minimum Gasteiger partial charge on any atom is -0.383 e. The maximum atomic E-state index is 12.6. The smallest absolute Gasteiger partial charge is 0.306 e. The Balaban J connectivity index is 1.92. The lowest BCUT2D eigenvalue weighted by atomic mass is 10.1. The Kier molecular flexibility index (Phi) is 5.89. The van der Waals surface area contributed by atoms with Crippen molar-refractivity contribution in [3.05, 3.63) is 35.4 Å². The highest BCUT2D eigenvalue weighted by molar-refractivity contribution is 8.16. The molecule has 0 saturated heterocycles. The van der Waals surface area contributed by atoms with Crippen molar-refractivity contribution in [2.45, 2.75) is 13.8 Å². The molecule has 2 aliphatic heterocycles. The summed E-state index contributed by atoms with van der Waals surface area (Å²) >= 11 is 0.734. The molecule has 30 heavy (non-hydrogen) atoms. The molecule has 0 fully saturated rings. The monoisotopic (exact) mass is 470 g/mol. The zero-order chi connectivity index (χ0) is 22.3. The maximum absolute atomic E-state index is 12.6. The molecule has 0 unspecified atom stereocenters. The van der Waals surface area contributed by atoms with E-state index in [2.05, 4.69) is 9.39 Å². The van der Waals surface area contributed by atoms with Crippen LogP contribution in [-0.2, 0) is 24.7 Å². The minimum absolute atomic E-state index is 0.0152. The van der Waals surface area contributed by atoms with Crippen LogP contribution in [0.4, 0.5) is 0 Å². The fourth-order valence-electron chi connectivity index (χ4n) is 2.67. The highest BCUT2D eigenvalue weighted by atomic mass is 32.2. The number of nitrogens with zero attached hydrogens (tertiary/aromatic N) is 3. The molecule has 13 heteroatoms. The van der Waals surface area contributed by atoms with Gasteiger partial charge in [0.05, 0.1) is 29.5 Å². The summed E-state index contributed by atoms with van der Waals surface area (Å²) in [4.78, 5) is 17.3.